The van der Waals surface area contributed by atoms with E-state index in [9.17, 15) is 0 Å². The molecule has 1 aliphatic carbocycles. The lowest BCUT2D eigenvalue weighted by Gasteiger charge is -2.49. The number of hydrazine groups is 1. The zero-order valence-corrected chi connectivity index (χ0v) is 11.0. The molecule has 1 saturated carbocycles. The van der Waals surface area contributed by atoms with Gasteiger partial charge in [0.05, 0.1) is 0 Å². The zero-order valence-electron chi connectivity index (χ0n) is 11.0. The third kappa shape index (κ3) is 2.65. The molecule has 0 aromatic heterocycles. The quantitative estimate of drug-likeness (QED) is 0.426. The van der Waals surface area contributed by atoms with Crippen molar-refractivity contribution in [3.8, 4) is 0 Å². The van der Waals surface area contributed by atoms with E-state index in [1.54, 1.807) is 0 Å². The van der Waals surface area contributed by atoms with Crippen LogP contribution in [-0.4, -0.2) is 30.6 Å². The van der Waals surface area contributed by atoms with Gasteiger partial charge in [-0.2, -0.15) is 0 Å². The van der Waals surface area contributed by atoms with Crippen LogP contribution in [-0.2, 0) is 0 Å². The molecule has 3 unspecified atom stereocenters. The number of hydrogen-bond acceptors (Lipinski definition) is 3. The molecule has 3 atom stereocenters. The SMILES string of the molecule is C=CCC(NN)C1(N(C)C)CCCC(C)C1. The molecule has 3 nitrogen and oxygen atoms in total. The van der Waals surface area contributed by atoms with Crippen molar-refractivity contribution in [3.05, 3.63) is 12.7 Å². The minimum absolute atomic E-state index is 0.195. The van der Waals surface area contributed by atoms with Gasteiger partial charge in [-0.25, -0.2) is 0 Å². The maximum absolute atomic E-state index is 5.73. The van der Waals surface area contributed by atoms with Gasteiger partial charge in [-0.15, -0.1) is 6.58 Å². The van der Waals surface area contributed by atoms with Crippen LogP contribution in [0.25, 0.3) is 0 Å². The fourth-order valence-corrected chi connectivity index (χ4v) is 3.21. The normalized spacial score (nSPS) is 32.7. The summed E-state index contributed by atoms with van der Waals surface area (Å²) < 4.78 is 0. The second-order valence-corrected chi connectivity index (χ2v) is 5.44. The Bertz CT molecular complexity index is 227. The highest BCUT2D eigenvalue weighted by molar-refractivity contribution is 5.03. The molecule has 1 fully saturated rings. The second kappa shape index (κ2) is 5.80. The maximum Gasteiger partial charge on any atom is 0.0428 e. The van der Waals surface area contributed by atoms with E-state index in [-0.39, 0.29) is 5.54 Å². The average molecular weight is 225 g/mol. The van der Waals surface area contributed by atoms with E-state index in [4.69, 9.17) is 5.84 Å². The van der Waals surface area contributed by atoms with E-state index in [0.29, 0.717) is 6.04 Å². The summed E-state index contributed by atoms with van der Waals surface area (Å²) in [5.41, 5.74) is 3.20. The topological polar surface area (TPSA) is 41.3 Å². The highest BCUT2D eigenvalue weighted by Crippen LogP contribution is 2.38. The van der Waals surface area contributed by atoms with Crippen LogP contribution in [0.3, 0.4) is 0 Å². The molecule has 0 aromatic carbocycles. The molecule has 0 heterocycles. The highest BCUT2D eigenvalue weighted by Gasteiger charge is 2.42. The Morgan fingerprint density at radius 2 is 2.31 bits per heavy atom. The largest absolute Gasteiger partial charge is 0.302 e. The fourth-order valence-electron chi connectivity index (χ4n) is 3.21. The molecule has 0 bridgehead atoms. The van der Waals surface area contributed by atoms with Gasteiger partial charge in [-0.3, -0.25) is 11.3 Å². The monoisotopic (exact) mass is 225 g/mol. The molecule has 94 valence electrons. The van der Waals surface area contributed by atoms with Gasteiger partial charge in [0.1, 0.15) is 0 Å². The predicted molar refractivity (Wildman–Crippen MR) is 70.0 cm³/mol. The van der Waals surface area contributed by atoms with Crippen LogP contribution in [0, 0.1) is 5.92 Å². The number of hydrogen-bond donors (Lipinski definition) is 2. The van der Waals surface area contributed by atoms with Gasteiger partial charge in [0.25, 0.3) is 0 Å². The first-order valence-corrected chi connectivity index (χ1v) is 6.31. The summed E-state index contributed by atoms with van der Waals surface area (Å²) in [6.45, 7) is 6.18. The Morgan fingerprint density at radius 3 is 2.75 bits per heavy atom. The first-order chi connectivity index (χ1) is 7.56. The average Bonchev–Trinajstić information content (AvgIpc) is 2.25. The van der Waals surface area contributed by atoms with Crippen molar-refractivity contribution in [2.24, 2.45) is 11.8 Å². The van der Waals surface area contributed by atoms with E-state index < -0.39 is 0 Å². The minimum atomic E-state index is 0.195. The summed E-state index contributed by atoms with van der Waals surface area (Å²) in [6.07, 6.45) is 8.00. The van der Waals surface area contributed by atoms with Crippen LogP contribution in [0.5, 0.6) is 0 Å². The number of rotatable bonds is 5. The van der Waals surface area contributed by atoms with Crippen molar-refractivity contribution < 1.29 is 0 Å². The third-order valence-electron chi connectivity index (χ3n) is 4.15. The molecular weight excluding hydrogens is 198 g/mol. The lowest BCUT2D eigenvalue weighted by atomic mass is 9.70. The smallest absolute Gasteiger partial charge is 0.0428 e. The predicted octanol–water partition coefficient (Wildman–Crippen LogP) is 1.90. The van der Waals surface area contributed by atoms with Crippen LogP contribution < -0.4 is 11.3 Å². The molecule has 16 heavy (non-hydrogen) atoms. The van der Waals surface area contributed by atoms with Gasteiger partial charge < -0.3 is 4.90 Å². The molecule has 0 aliphatic heterocycles. The molecule has 1 aliphatic rings. The number of likely N-dealkylation sites (N-methyl/N-ethyl adjacent to an activating group) is 1. The van der Waals surface area contributed by atoms with E-state index in [2.05, 4.69) is 37.9 Å². The molecule has 0 saturated heterocycles. The van der Waals surface area contributed by atoms with Gasteiger partial charge in [0, 0.05) is 11.6 Å². The van der Waals surface area contributed by atoms with Crippen molar-refractivity contribution in [1.82, 2.24) is 10.3 Å². The Balaban J connectivity index is 2.88. The summed E-state index contributed by atoms with van der Waals surface area (Å²) in [6, 6.07) is 0.308. The molecule has 0 spiro atoms. The second-order valence-electron chi connectivity index (χ2n) is 5.44. The van der Waals surface area contributed by atoms with Crippen LogP contribution in [0.2, 0.25) is 0 Å². The van der Waals surface area contributed by atoms with Crippen LogP contribution in [0.15, 0.2) is 12.7 Å². The van der Waals surface area contributed by atoms with Crippen LogP contribution in [0.4, 0.5) is 0 Å². The number of nitrogens with two attached hydrogens (primary N) is 1. The fraction of sp³-hybridized carbons (Fsp3) is 0.846. The lowest BCUT2D eigenvalue weighted by Crippen LogP contribution is -2.62. The van der Waals surface area contributed by atoms with Crippen molar-refractivity contribution in [1.29, 1.82) is 0 Å². The first-order valence-electron chi connectivity index (χ1n) is 6.31. The molecule has 3 heteroatoms. The maximum atomic E-state index is 5.73. The van der Waals surface area contributed by atoms with Crippen LogP contribution >= 0.6 is 0 Å². The lowest BCUT2D eigenvalue weighted by molar-refractivity contribution is 0.0382. The molecule has 3 N–H and O–H groups in total. The number of nitrogens with zero attached hydrogens (tertiary/aromatic N) is 1. The summed E-state index contributed by atoms with van der Waals surface area (Å²) in [4.78, 5) is 2.36. The Kier molecular flexibility index (Phi) is 4.96. The van der Waals surface area contributed by atoms with E-state index >= 15 is 0 Å². The molecule has 0 amide bonds. The third-order valence-corrected chi connectivity index (χ3v) is 4.15. The summed E-state index contributed by atoms with van der Waals surface area (Å²) in [7, 11) is 4.34. The van der Waals surface area contributed by atoms with Gasteiger partial charge in [0.15, 0.2) is 0 Å². The van der Waals surface area contributed by atoms with E-state index in [0.717, 1.165) is 12.3 Å². The van der Waals surface area contributed by atoms with Crippen molar-refractivity contribution >= 4 is 0 Å². The molecule has 1 rings (SSSR count). The van der Waals surface area contributed by atoms with Gasteiger partial charge in [0.2, 0.25) is 0 Å². The van der Waals surface area contributed by atoms with E-state index in [1.807, 2.05) is 6.08 Å². The zero-order chi connectivity index (χ0) is 12.2. The Morgan fingerprint density at radius 1 is 1.62 bits per heavy atom. The first kappa shape index (κ1) is 13.7. The summed E-state index contributed by atoms with van der Waals surface area (Å²) in [5.74, 6) is 6.52. The molecule has 0 radical (unpaired) electrons. The Hall–Kier alpha value is -0.380. The van der Waals surface area contributed by atoms with Gasteiger partial charge in [-0.05, 0) is 39.3 Å². The molecular formula is C13H27N3. The Labute approximate surface area is 100 Å². The van der Waals surface area contributed by atoms with Crippen molar-refractivity contribution in [3.63, 3.8) is 0 Å². The summed E-state index contributed by atoms with van der Waals surface area (Å²) >= 11 is 0. The van der Waals surface area contributed by atoms with Crippen molar-refractivity contribution in [2.45, 2.75) is 50.6 Å². The minimum Gasteiger partial charge on any atom is -0.302 e. The highest BCUT2D eigenvalue weighted by atomic mass is 15.3. The summed E-state index contributed by atoms with van der Waals surface area (Å²) in [5, 5.41) is 0. The van der Waals surface area contributed by atoms with Gasteiger partial charge in [-0.1, -0.05) is 25.8 Å². The van der Waals surface area contributed by atoms with E-state index in [1.165, 1.54) is 25.7 Å². The standard InChI is InChI=1S/C13H27N3/c1-5-7-12(15-14)13(16(3)4)9-6-8-11(2)10-13/h5,11-12,15H,1,6-10,14H2,2-4H3. The number of nitrogens with one attached hydrogen (secondary N) is 1. The van der Waals surface area contributed by atoms with Crippen LogP contribution in [0.1, 0.15) is 39.0 Å². The van der Waals surface area contributed by atoms with Crippen molar-refractivity contribution in [2.75, 3.05) is 14.1 Å². The van der Waals surface area contributed by atoms with Gasteiger partial charge >= 0.3 is 0 Å². The molecule has 0 aromatic rings.